The molecule has 1 aliphatic rings. The van der Waals surface area contributed by atoms with E-state index in [4.69, 9.17) is 4.42 Å². The van der Waals surface area contributed by atoms with E-state index in [0.29, 0.717) is 19.0 Å². The van der Waals surface area contributed by atoms with Crippen LogP contribution in [-0.4, -0.2) is 30.0 Å². The monoisotopic (exact) mass is 377 g/mol. The second-order valence-electron chi connectivity index (χ2n) is 5.33. The van der Waals surface area contributed by atoms with Crippen molar-refractivity contribution in [3.05, 3.63) is 29.0 Å². The molecule has 2 aromatic heterocycles. The van der Waals surface area contributed by atoms with Crippen molar-refractivity contribution in [1.29, 1.82) is 0 Å². The number of aryl methyl sites for hydroxylation is 1. The Kier molecular flexibility index (Phi) is 8.05. The van der Waals surface area contributed by atoms with E-state index in [0.717, 1.165) is 35.2 Å². The molecule has 5 nitrogen and oxygen atoms in total. The minimum atomic E-state index is 0. The maximum atomic E-state index is 11.9. The van der Waals surface area contributed by atoms with Crippen LogP contribution in [0.2, 0.25) is 0 Å². The molecular weight excluding hydrogens is 357 g/mol. The first kappa shape index (κ1) is 20.0. The molecule has 3 heterocycles. The van der Waals surface area contributed by atoms with Crippen molar-refractivity contribution >= 4 is 42.1 Å². The van der Waals surface area contributed by atoms with Crippen molar-refractivity contribution in [3.63, 3.8) is 0 Å². The standard InChI is InChI=1S/C15H19N3O2S.2ClH/c1-10-4-5-13(20-10)15-18-12(9-21-15)7-14(19)17-8-11-3-2-6-16-11;;/h4-5,9,11,16H,2-3,6-8H2,1H3,(H,17,19);2*1H. The Morgan fingerprint density at radius 3 is 2.96 bits per heavy atom. The van der Waals surface area contributed by atoms with Crippen molar-refractivity contribution in [2.24, 2.45) is 0 Å². The van der Waals surface area contributed by atoms with Crippen molar-refractivity contribution in [2.45, 2.75) is 32.2 Å². The van der Waals surface area contributed by atoms with Crippen LogP contribution in [-0.2, 0) is 11.2 Å². The van der Waals surface area contributed by atoms with Gasteiger partial charge in [0.2, 0.25) is 5.91 Å². The fourth-order valence-electron chi connectivity index (χ4n) is 2.45. The summed E-state index contributed by atoms with van der Waals surface area (Å²) in [7, 11) is 0. The molecule has 128 valence electrons. The number of amides is 1. The van der Waals surface area contributed by atoms with Gasteiger partial charge in [-0.1, -0.05) is 0 Å². The van der Waals surface area contributed by atoms with E-state index in [1.165, 1.54) is 17.8 Å². The number of carbonyl (C=O) groups excluding carboxylic acids is 1. The summed E-state index contributed by atoms with van der Waals surface area (Å²) < 4.78 is 5.54. The third-order valence-corrected chi connectivity index (χ3v) is 4.46. The molecule has 1 unspecified atom stereocenters. The molecule has 1 fully saturated rings. The number of nitrogens with zero attached hydrogens (tertiary/aromatic N) is 1. The minimum absolute atomic E-state index is 0. The van der Waals surface area contributed by atoms with Crippen LogP contribution in [0.1, 0.15) is 24.3 Å². The van der Waals surface area contributed by atoms with Crippen LogP contribution >= 0.6 is 36.2 Å². The average molecular weight is 378 g/mol. The van der Waals surface area contributed by atoms with E-state index < -0.39 is 0 Å². The Hall–Kier alpha value is -1.08. The molecule has 2 aromatic rings. The van der Waals surface area contributed by atoms with E-state index in [2.05, 4.69) is 15.6 Å². The Bertz CT molecular complexity index is 624. The second kappa shape index (κ2) is 9.27. The van der Waals surface area contributed by atoms with Crippen LogP contribution in [0.25, 0.3) is 10.8 Å². The maximum Gasteiger partial charge on any atom is 0.226 e. The van der Waals surface area contributed by atoms with E-state index in [9.17, 15) is 4.79 Å². The molecule has 0 radical (unpaired) electrons. The number of hydrogen-bond acceptors (Lipinski definition) is 5. The number of rotatable bonds is 5. The van der Waals surface area contributed by atoms with Gasteiger partial charge in [0.25, 0.3) is 0 Å². The zero-order valence-corrected chi connectivity index (χ0v) is 15.3. The number of nitrogens with one attached hydrogen (secondary N) is 2. The Balaban J connectivity index is 0.00000132. The predicted molar refractivity (Wildman–Crippen MR) is 96.8 cm³/mol. The van der Waals surface area contributed by atoms with Gasteiger partial charge >= 0.3 is 0 Å². The third kappa shape index (κ3) is 5.49. The first-order valence-electron chi connectivity index (χ1n) is 7.22. The molecule has 0 spiro atoms. The van der Waals surface area contributed by atoms with Gasteiger partial charge in [0, 0.05) is 18.0 Å². The smallest absolute Gasteiger partial charge is 0.226 e. The number of halogens is 2. The largest absolute Gasteiger partial charge is 0.459 e. The lowest BCUT2D eigenvalue weighted by molar-refractivity contribution is -0.120. The highest BCUT2D eigenvalue weighted by Gasteiger charge is 2.15. The first-order valence-corrected chi connectivity index (χ1v) is 8.10. The molecule has 8 heteroatoms. The second-order valence-corrected chi connectivity index (χ2v) is 6.19. The van der Waals surface area contributed by atoms with Gasteiger partial charge in [-0.3, -0.25) is 4.79 Å². The van der Waals surface area contributed by atoms with Gasteiger partial charge < -0.3 is 15.1 Å². The SMILES string of the molecule is Cc1ccc(-c2nc(CC(=O)NCC3CCCN3)cs2)o1.Cl.Cl. The normalized spacial score (nSPS) is 16.5. The van der Waals surface area contributed by atoms with E-state index >= 15 is 0 Å². The summed E-state index contributed by atoms with van der Waals surface area (Å²) in [4.78, 5) is 16.4. The third-order valence-electron chi connectivity index (χ3n) is 3.55. The zero-order chi connectivity index (χ0) is 14.7. The molecule has 0 saturated carbocycles. The molecular formula is C15H21Cl2N3O2S. The highest BCUT2D eigenvalue weighted by Crippen LogP contribution is 2.25. The predicted octanol–water partition coefficient (Wildman–Crippen LogP) is 2.97. The number of furan rings is 1. The molecule has 23 heavy (non-hydrogen) atoms. The average Bonchev–Trinajstić information content (AvgIpc) is 3.17. The van der Waals surface area contributed by atoms with Gasteiger partial charge in [-0.2, -0.15) is 0 Å². The molecule has 1 amide bonds. The Morgan fingerprint density at radius 1 is 1.48 bits per heavy atom. The summed E-state index contributed by atoms with van der Waals surface area (Å²) in [5.74, 6) is 1.65. The van der Waals surface area contributed by atoms with Crippen LogP contribution < -0.4 is 10.6 Å². The zero-order valence-electron chi connectivity index (χ0n) is 12.8. The quantitative estimate of drug-likeness (QED) is 0.840. The van der Waals surface area contributed by atoms with Crippen LogP contribution in [0.15, 0.2) is 21.9 Å². The molecule has 0 aliphatic carbocycles. The van der Waals surface area contributed by atoms with Crippen molar-refractivity contribution in [1.82, 2.24) is 15.6 Å². The summed E-state index contributed by atoms with van der Waals surface area (Å²) in [6, 6.07) is 4.24. The summed E-state index contributed by atoms with van der Waals surface area (Å²) >= 11 is 1.50. The minimum Gasteiger partial charge on any atom is -0.459 e. The van der Waals surface area contributed by atoms with E-state index in [1.54, 1.807) is 0 Å². The first-order chi connectivity index (χ1) is 10.2. The molecule has 1 atom stereocenters. The Labute approximate surface area is 152 Å². The number of hydrogen-bond donors (Lipinski definition) is 2. The highest BCUT2D eigenvalue weighted by molar-refractivity contribution is 7.13. The summed E-state index contributed by atoms with van der Waals surface area (Å²) in [5.41, 5.74) is 0.793. The summed E-state index contributed by atoms with van der Waals surface area (Å²) in [6.07, 6.45) is 2.65. The van der Waals surface area contributed by atoms with Crippen molar-refractivity contribution < 1.29 is 9.21 Å². The van der Waals surface area contributed by atoms with E-state index in [-0.39, 0.29) is 30.7 Å². The van der Waals surface area contributed by atoms with E-state index in [1.807, 2.05) is 24.4 Å². The number of aromatic nitrogens is 1. The lowest BCUT2D eigenvalue weighted by atomic mass is 10.2. The van der Waals surface area contributed by atoms with Gasteiger partial charge in [-0.25, -0.2) is 4.98 Å². The van der Waals surface area contributed by atoms with Gasteiger partial charge in [0.15, 0.2) is 10.8 Å². The van der Waals surface area contributed by atoms with Gasteiger partial charge in [0.1, 0.15) is 5.76 Å². The van der Waals surface area contributed by atoms with Crippen molar-refractivity contribution in [2.75, 3.05) is 13.1 Å². The summed E-state index contributed by atoms with van der Waals surface area (Å²) in [6.45, 7) is 3.66. The molecule has 2 N–H and O–H groups in total. The van der Waals surface area contributed by atoms with Gasteiger partial charge in [-0.05, 0) is 38.4 Å². The molecule has 1 aliphatic heterocycles. The van der Waals surface area contributed by atoms with Crippen LogP contribution in [0, 0.1) is 6.92 Å². The summed E-state index contributed by atoms with van der Waals surface area (Å²) in [5, 5.41) is 9.07. The fourth-order valence-corrected chi connectivity index (χ4v) is 3.23. The molecule has 3 rings (SSSR count). The molecule has 0 aromatic carbocycles. The fraction of sp³-hybridized carbons (Fsp3) is 0.467. The highest BCUT2D eigenvalue weighted by atomic mass is 35.5. The maximum absolute atomic E-state index is 11.9. The number of carbonyl (C=O) groups is 1. The van der Waals surface area contributed by atoms with Crippen LogP contribution in [0.4, 0.5) is 0 Å². The van der Waals surface area contributed by atoms with Crippen molar-refractivity contribution in [3.8, 4) is 10.8 Å². The lowest BCUT2D eigenvalue weighted by Gasteiger charge is -2.10. The lowest BCUT2D eigenvalue weighted by Crippen LogP contribution is -2.37. The van der Waals surface area contributed by atoms with Gasteiger partial charge in [-0.15, -0.1) is 36.2 Å². The van der Waals surface area contributed by atoms with Gasteiger partial charge in [0.05, 0.1) is 12.1 Å². The molecule has 1 saturated heterocycles. The topological polar surface area (TPSA) is 67.2 Å². The molecule has 0 bridgehead atoms. The Morgan fingerprint density at radius 2 is 2.30 bits per heavy atom. The number of thiazole rings is 1. The van der Waals surface area contributed by atoms with Crippen LogP contribution in [0.5, 0.6) is 0 Å². The van der Waals surface area contributed by atoms with Crippen LogP contribution in [0.3, 0.4) is 0 Å².